The van der Waals surface area contributed by atoms with Crippen LogP contribution in [0.2, 0.25) is 0 Å². The lowest BCUT2D eigenvalue weighted by molar-refractivity contribution is -0.0498. The van der Waals surface area contributed by atoms with Gasteiger partial charge >= 0.3 is 6.03 Å². The lowest BCUT2D eigenvalue weighted by Crippen LogP contribution is -2.39. The van der Waals surface area contributed by atoms with Crippen molar-refractivity contribution in [2.75, 3.05) is 25.0 Å². The molecule has 1 aromatic carbocycles. The average Bonchev–Trinajstić information content (AvgIpc) is 3.11. The zero-order valence-electron chi connectivity index (χ0n) is 19.2. The Morgan fingerprint density at radius 3 is 2.67 bits per heavy atom. The number of nitrogens with one attached hydrogen (secondary N) is 1. The first-order valence-electron chi connectivity index (χ1n) is 11.6. The summed E-state index contributed by atoms with van der Waals surface area (Å²) in [7, 11) is 0. The minimum absolute atomic E-state index is 0.0416. The molecule has 2 aromatic rings. The molecule has 0 spiro atoms. The van der Waals surface area contributed by atoms with Crippen LogP contribution in [-0.2, 0) is 0 Å². The van der Waals surface area contributed by atoms with E-state index >= 15 is 0 Å². The molecule has 1 saturated heterocycles. The number of halogens is 2. The average molecular weight is 460 g/mol. The largest absolute Gasteiger partial charge is 0.493 e. The zero-order chi connectivity index (χ0) is 23.4. The van der Waals surface area contributed by atoms with Crippen molar-refractivity contribution in [1.82, 2.24) is 10.1 Å². The van der Waals surface area contributed by atoms with Crippen LogP contribution in [0.5, 0.6) is 5.75 Å². The number of alkyl halides is 2. The smallest absolute Gasteiger partial charge is 0.323 e. The van der Waals surface area contributed by atoms with Gasteiger partial charge in [-0.2, -0.15) is 0 Å². The van der Waals surface area contributed by atoms with Crippen molar-refractivity contribution >= 4 is 17.9 Å². The highest BCUT2D eigenvalue weighted by atomic mass is 19.3. The van der Waals surface area contributed by atoms with E-state index in [-0.39, 0.29) is 24.8 Å². The first-order valence-corrected chi connectivity index (χ1v) is 11.6. The van der Waals surface area contributed by atoms with E-state index in [1.165, 1.54) is 5.57 Å². The molecule has 1 aliphatic carbocycles. The van der Waals surface area contributed by atoms with Crippen molar-refractivity contribution in [2.45, 2.75) is 58.3 Å². The summed E-state index contributed by atoms with van der Waals surface area (Å²) in [5.74, 6) is -0.394. The topological polar surface area (TPSA) is 67.6 Å². The highest BCUT2D eigenvalue weighted by Crippen LogP contribution is 2.36. The van der Waals surface area contributed by atoms with Gasteiger partial charge in [-0.05, 0) is 63.1 Å². The van der Waals surface area contributed by atoms with Gasteiger partial charge in [0.15, 0.2) is 5.82 Å². The van der Waals surface area contributed by atoms with Crippen LogP contribution in [0.4, 0.5) is 19.4 Å². The predicted octanol–water partition coefficient (Wildman–Crippen LogP) is 6.21. The molecule has 2 aliphatic rings. The Morgan fingerprint density at radius 2 is 2.00 bits per heavy atom. The molecule has 1 aliphatic heterocycles. The van der Waals surface area contributed by atoms with Gasteiger partial charge in [0, 0.05) is 31.5 Å². The summed E-state index contributed by atoms with van der Waals surface area (Å²) >= 11 is 0. The first-order chi connectivity index (χ1) is 15.8. The molecular weight excluding hydrogens is 428 g/mol. The van der Waals surface area contributed by atoms with Gasteiger partial charge in [0.25, 0.3) is 0 Å². The van der Waals surface area contributed by atoms with Crippen LogP contribution in [0.15, 0.2) is 34.4 Å². The van der Waals surface area contributed by atoms with Crippen LogP contribution in [0, 0.1) is 19.8 Å². The minimum atomic E-state index is -2.51. The van der Waals surface area contributed by atoms with Crippen LogP contribution >= 0.6 is 0 Å². The summed E-state index contributed by atoms with van der Waals surface area (Å²) in [6.45, 7) is 5.42. The number of amides is 2. The highest BCUT2D eigenvalue weighted by molar-refractivity contribution is 5.89. The number of aromatic nitrogens is 1. The summed E-state index contributed by atoms with van der Waals surface area (Å²) in [6, 6.07) is 7.69. The van der Waals surface area contributed by atoms with Gasteiger partial charge in [-0.15, -0.1) is 0 Å². The zero-order valence-corrected chi connectivity index (χ0v) is 19.2. The summed E-state index contributed by atoms with van der Waals surface area (Å²) in [4.78, 5) is 14.3. The molecule has 0 unspecified atom stereocenters. The fourth-order valence-corrected chi connectivity index (χ4v) is 4.27. The second-order valence-electron chi connectivity index (χ2n) is 9.11. The summed E-state index contributed by atoms with van der Waals surface area (Å²) in [5, 5.41) is 6.71. The van der Waals surface area contributed by atoms with E-state index in [2.05, 4.69) is 16.5 Å². The Morgan fingerprint density at radius 1 is 1.27 bits per heavy atom. The standard InChI is InChI=1S/C25H31F2N3O3/c1-17-18(2)33-29-23(17)28-24(31)30-12-8-19(9-13-30)14-21-4-3-5-22(15-21)32-16-20-6-10-25(26,27)11-7-20/h3-5,14-15,20H,6-13,16H2,1-2H3,(H,28,29,31). The van der Waals surface area contributed by atoms with E-state index in [9.17, 15) is 13.6 Å². The predicted molar refractivity (Wildman–Crippen MR) is 123 cm³/mol. The van der Waals surface area contributed by atoms with E-state index in [0.717, 1.165) is 29.7 Å². The second-order valence-corrected chi connectivity index (χ2v) is 9.11. The maximum absolute atomic E-state index is 13.3. The van der Waals surface area contributed by atoms with Gasteiger partial charge in [0.1, 0.15) is 11.5 Å². The quantitative estimate of drug-likeness (QED) is 0.577. The number of benzene rings is 1. The van der Waals surface area contributed by atoms with Crippen LogP contribution in [0.3, 0.4) is 0 Å². The number of ether oxygens (including phenoxy) is 1. The second kappa shape index (κ2) is 9.93. The molecule has 6 nitrogen and oxygen atoms in total. The third-order valence-corrected chi connectivity index (χ3v) is 6.63. The van der Waals surface area contributed by atoms with Crippen molar-refractivity contribution < 1.29 is 22.8 Å². The van der Waals surface area contributed by atoms with Crippen LogP contribution in [0.25, 0.3) is 6.08 Å². The van der Waals surface area contributed by atoms with E-state index < -0.39 is 5.92 Å². The number of aryl methyl sites for hydroxylation is 1. The molecule has 178 valence electrons. The number of urea groups is 1. The monoisotopic (exact) mass is 459 g/mol. The Hall–Kier alpha value is -2.90. The molecule has 0 radical (unpaired) electrons. The molecule has 4 rings (SSSR count). The Bertz CT molecular complexity index is 998. The molecule has 1 saturated carbocycles. The van der Waals surface area contributed by atoms with Gasteiger partial charge in [-0.1, -0.05) is 28.9 Å². The first kappa shape index (κ1) is 23.3. The molecule has 2 amide bonds. The van der Waals surface area contributed by atoms with Crippen LogP contribution in [0.1, 0.15) is 55.4 Å². The van der Waals surface area contributed by atoms with Crippen molar-refractivity contribution in [3.8, 4) is 5.75 Å². The lowest BCUT2D eigenvalue weighted by atomic mass is 9.87. The Labute approximate surface area is 193 Å². The van der Waals surface area contributed by atoms with Gasteiger partial charge in [0.05, 0.1) is 6.61 Å². The number of rotatable bonds is 5. The highest BCUT2D eigenvalue weighted by Gasteiger charge is 2.35. The number of hydrogen-bond donors (Lipinski definition) is 1. The number of likely N-dealkylation sites (tertiary alicyclic amines) is 1. The summed E-state index contributed by atoms with van der Waals surface area (Å²) in [6.07, 6.45) is 4.68. The number of carbonyl (C=O) groups excluding carboxylic acids is 1. The van der Waals surface area contributed by atoms with E-state index in [4.69, 9.17) is 9.26 Å². The van der Waals surface area contributed by atoms with Crippen molar-refractivity contribution in [1.29, 1.82) is 0 Å². The van der Waals surface area contributed by atoms with E-state index in [0.29, 0.717) is 44.1 Å². The minimum Gasteiger partial charge on any atom is -0.493 e. The third kappa shape index (κ3) is 6.12. The summed E-state index contributed by atoms with van der Waals surface area (Å²) < 4.78 is 37.7. The number of nitrogens with zero attached hydrogens (tertiary/aromatic N) is 2. The molecule has 0 atom stereocenters. The lowest BCUT2D eigenvalue weighted by Gasteiger charge is -2.28. The number of anilines is 1. The van der Waals surface area contributed by atoms with Gasteiger partial charge in [-0.3, -0.25) is 5.32 Å². The van der Waals surface area contributed by atoms with Gasteiger partial charge < -0.3 is 14.2 Å². The molecule has 2 heterocycles. The Kier molecular flexibility index (Phi) is 7.00. The molecule has 2 fully saturated rings. The van der Waals surface area contributed by atoms with Gasteiger partial charge in [0.2, 0.25) is 5.92 Å². The molecule has 0 bridgehead atoms. The maximum Gasteiger partial charge on any atom is 0.323 e. The molecule has 33 heavy (non-hydrogen) atoms. The maximum atomic E-state index is 13.3. The van der Waals surface area contributed by atoms with Crippen LogP contribution in [-0.4, -0.2) is 41.7 Å². The number of hydrogen-bond acceptors (Lipinski definition) is 4. The molecule has 1 N–H and O–H groups in total. The van der Waals surface area contributed by atoms with Crippen molar-refractivity contribution in [2.24, 2.45) is 5.92 Å². The molecule has 8 heteroatoms. The fraction of sp³-hybridized carbons (Fsp3) is 0.520. The van der Waals surface area contributed by atoms with E-state index in [1.807, 2.05) is 38.1 Å². The fourth-order valence-electron chi connectivity index (χ4n) is 4.27. The molecular formula is C25H31F2N3O3. The SMILES string of the molecule is Cc1onc(NC(=O)N2CCC(=Cc3cccc(OCC4CCC(F)(F)CC4)c3)CC2)c1C. The number of carbonyl (C=O) groups is 1. The van der Waals surface area contributed by atoms with Crippen LogP contribution < -0.4 is 10.1 Å². The molecule has 1 aromatic heterocycles. The number of piperidine rings is 1. The summed E-state index contributed by atoms with van der Waals surface area (Å²) in [5.41, 5.74) is 3.16. The van der Waals surface area contributed by atoms with Crippen molar-refractivity contribution in [3.63, 3.8) is 0 Å². The Balaban J connectivity index is 1.27. The van der Waals surface area contributed by atoms with E-state index in [1.54, 1.807) is 4.90 Å². The van der Waals surface area contributed by atoms with Gasteiger partial charge in [-0.25, -0.2) is 13.6 Å². The normalized spacial score (nSPS) is 18.8. The third-order valence-electron chi connectivity index (χ3n) is 6.63. The van der Waals surface area contributed by atoms with Crippen molar-refractivity contribution in [3.05, 3.63) is 46.7 Å².